The van der Waals surface area contributed by atoms with Crippen LogP contribution in [0.3, 0.4) is 0 Å². The third-order valence-electron chi connectivity index (χ3n) is 4.57. The molecule has 3 rings (SSSR count). The fourth-order valence-electron chi connectivity index (χ4n) is 3.13. The fraction of sp³-hybridized carbons (Fsp3) is 0.263. The number of hydrogen-bond donors (Lipinski definition) is 3. The predicted molar refractivity (Wildman–Crippen MR) is 102 cm³/mol. The molecular formula is C19H20N4O5. The number of anilines is 1. The van der Waals surface area contributed by atoms with Crippen molar-refractivity contribution in [2.45, 2.75) is 19.3 Å². The molecule has 9 heteroatoms. The lowest BCUT2D eigenvalue weighted by Gasteiger charge is -2.28. The molecule has 9 nitrogen and oxygen atoms in total. The minimum absolute atomic E-state index is 0.00535. The van der Waals surface area contributed by atoms with Gasteiger partial charge in [-0.3, -0.25) is 30.6 Å². The number of hydrazine groups is 1. The molecule has 0 bridgehead atoms. The monoisotopic (exact) mass is 384 g/mol. The number of hydrogen-bond acceptors (Lipinski definition) is 6. The molecule has 1 heterocycles. The third-order valence-corrected chi connectivity index (χ3v) is 4.57. The van der Waals surface area contributed by atoms with Crippen LogP contribution < -0.4 is 15.8 Å². The Hall–Kier alpha value is -3.62. The van der Waals surface area contributed by atoms with Crippen LogP contribution in [-0.2, 0) is 0 Å². The first-order valence-electron chi connectivity index (χ1n) is 8.89. The molecular weight excluding hydrogens is 364 g/mol. The van der Waals surface area contributed by atoms with Crippen molar-refractivity contribution in [1.82, 2.24) is 10.9 Å². The van der Waals surface area contributed by atoms with Crippen molar-refractivity contribution in [2.24, 2.45) is 0 Å². The first-order valence-corrected chi connectivity index (χ1v) is 8.89. The number of nitro benzene ring substituents is 1. The number of para-hydroxylation sites is 1. The highest BCUT2D eigenvalue weighted by atomic mass is 16.6. The minimum Gasteiger partial charge on any atom is -0.507 e. The summed E-state index contributed by atoms with van der Waals surface area (Å²) in [6.07, 6.45) is 3.04. The number of nitrogens with one attached hydrogen (secondary N) is 2. The molecule has 3 N–H and O–H groups in total. The standard InChI is InChI=1S/C19H20N4O5/c24-17-7-3-2-6-14(17)19(26)21-20-18(25)13-8-9-15(16(12-13)23(27)28)22-10-4-1-5-11-22/h2-3,6-9,12,24H,1,4-5,10-11H2,(H,20,25)(H,21,26). The lowest BCUT2D eigenvalue weighted by atomic mass is 10.1. The second-order valence-corrected chi connectivity index (χ2v) is 6.43. The molecule has 1 fully saturated rings. The Bertz CT molecular complexity index is 909. The lowest BCUT2D eigenvalue weighted by molar-refractivity contribution is -0.384. The number of phenolic OH excluding ortho intramolecular Hbond substituents is 1. The molecule has 1 saturated heterocycles. The molecule has 2 amide bonds. The van der Waals surface area contributed by atoms with Crippen molar-refractivity contribution in [3.8, 4) is 5.75 Å². The number of amides is 2. The number of carbonyl (C=O) groups is 2. The molecule has 1 aliphatic rings. The maximum Gasteiger partial charge on any atom is 0.293 e. The van der Waals surface area contributed by atoms with E-state index < -0.39 is 16.7 Å². The van der Waals surface area contributed by atoms with Gasteiger partial charge in [-0.15, -0.1) is 0 Å². The summed E-state index contributed by atoms with van der Waals surface area (Å²) in [5.41, 5.74) is 4.77. The molecule has 0 aliphatic carbocycles. The fourth-order valence-corrected chi connectivity index (χ4v) is 3.13. The van der Waals surface area contributed by atoms with Gasteiger partial charge in [0.1, 0.15) is 11.4 Å². The van der Waals surface area contributed by atoms with Gasteiger partial charge in [-0.05, 0) is 43.5 Å². The summed E-state index contributed by atoms with van der Waals surface area (Å²) in [4.78, 5) is 37.3. The van der Waals surface area contributed by atoms with Crippen LogP contribution in [-0.4, -0.2) is 34.9 Å². The molecule has 0 radical (unpaired) electrons. The SMILES string of the molecule is O=C(NNC(=O)c1ccccc1O)c1ccc(N2CCCCC2)c([N+](=O)[O-])c1. The Kier molecular flexibility index (Phi) is 5.73. The number of nitrogens with zero attached hydrogens (tertiary/aromatic N) is 2. The summed E-state index contributed by atoms with van der Waals surface area (Å²) >= 11 is 0. The maximum absolute atomic E-state index is 12.3. The van der Waals surface area contributed by atoms with Crippen LogP contribution in [0, 0.1) is 10.1 Å². The first kappa shape index (κ1) is 19.2. The Morgan fingerprint density at radius 3 is 2.36 bits per heavy atom. The number of nitro groups is 1. The molecule has 0 aromatic heterocycles. The van der Waals surface area contributed by atoms with Crippen molar-refractivity contribution in [1.29, 1.82) is 0 Å². The first-order chi connectivity index (χ1) is 13.5. The van der Waals surface area contributed by atoms with Crippen molar-refractivity contribution < 1.29 is 19.6 Å². The van der Waals surface area contributed by atoms with Crippen LogP contribution in [0.15, 0.2) is 42.5 Å². The summed E-state index contributed by atoms with van der Waals surface area (Å²) in [6, 6.07) is 10.1. The zero-order valence-corrected chi connectivity index (χ0v) is 15.1. The van der Waals surface area contributed by atoms with Gasteiger partial charge in [-0.2, -0.15) is 0 Å². The van der Waals surface area contributed by atoms with Crippen molar-refractivity contribution in [3.63, 3.8) is 0 Å². The van der Waals surface area contributed by atoms with Gasteiger partial charge >= 0.3 is 0 Å². The van der Waals surface area contributed by atoms with Gasteiger partial charge in [0.05, 0.1) is 10.5 Å². The quantitative estimate of drug-likeness (QED) is 0.549. The summed E-state index contributed by atoms with van der Waals surface area (Å²) in [5, 5.41) is 21.1. The highest BCUT2D eigenvalue weighted by molar-refractivity contribution is 6.00. The van der Waals surface area contributed by atoms with Crippen molar-refractivity contribution in [2.75, 3.05) is 18.0 Å². The smallest absolute Gasteiger partial charge is 0.293 e. The topological polar surface area (TPSA) is 125 Å². The average molecular weight is 384 g/mol. The van der Waals surface area contributed by atoms with E-state index in [1.807, 2.05) is 4.90 Å². The van der Waals surface area contributed by atoms with Crippen LogP contribution in [0.4, 0.5) is 11.4 Å². The van der Waals surface area contributed by atoms with Gasteiger partial charge < -0.3 is 10.0 Å². The Labute approximate surface area is 161 Å². The zero-order valence-electron chi connectivity index (χ0n) is 15.1. The van der Waals surface area contributed by atoms with Crippen LogP contribution in [0.25, 0.3) is 0 Å². The minimum atomic E-state index is -0.703. The van der Waals surface area contributed by atoms with E-state index in [9.17, 15) is 24.8 Å². The van der Waals surface area contributed by atoms with Gasteiger partial charge in [0.25, 0.3) is 17.5 Å². The van der Waals surface area contributed by atoms with E-state index in [0.29, 0.717) is 5.69 Å². The number of aromatic hydroxyl groups is 1. The van der Waals surface area contributed by atoms with E-state index in [-0.39, 0.29) is 22.6 Å². The zero-order chi connectivity index (χ0) is 20.1. The van der Waals surface area contributed by atoms with E-state index in [4.69, 9.17) is 0 Å². The Morgan fingerprint density at radius 1 is 1.00 bits per heavy atom. The van der Waals surface area contributed by atoms with Crippen LogP contribution in [0.1, 0.15) is 40.0 Å². The van der Waals surface area contributed by atoms with Gasteiger partial charge in [-0.25, -0.2) is 0 Å². The van der Waals surface area contributed by atoms with Crippen LogP contribution in [0.2, 0.25) is 0 Å². The van der Waals surface area contributed by atoms with E-state index in [1.54, 1.807) is 18.2 Å². The summed E-state index contributed by atoms with van der Waals surface area (Å²) in [7, 11) is 0. The third kappa shape index (κ3) is 4.20. The molecule has 1 aliphatic heterocycles. The van der Waals surface area contributed by atoms with Gasteiger partial charge in [0, 0.05) is 24.7 Å². The maximum atomic E-state index is 12.3. The molecule has 0 atom stereocenters. The van der Waals surface area contributed by atoms with Gasteiger partial charge in [0.15, 0.2) is 0 Å². The van der Waals surface area contributed by atoms with Crippen LogP contribution >= 0.6 is 0 Å². The van der Waals surface area contributed by atoms with Gasteiger partial charge in [0.2, 0.25) is 0 Å². The Balaban J connectivity index is 1.73. The number of rotatable bonds is 4. The number of benzene rings is 2. The number of piperidine rings is 1. The van der Waals surface area contributed by atoms with E-state index in [1.165, 1.54) is 24.3 Å². The highest BCUT2D eigenvalue weighted by Crippen LogP contribution is 2.31. The molecule has 2 aromatic carbocycles. The van der Waals surface area contributed by atoms with Crippen molar-refractivity contribution >= 4 is 23.2 Å². The van der Waals surface area contributed by atoms with E-state index >= 15 is 0 Å². The number of carbonyl (C=O) groups excluding carboxylic acids is 2. The molecule has 0 spiro atoms. The van der Waals surface area contributed by atoms with Gasteiger partial charge in [-0.1, -0.05) is 12.1 Å². The largest absolute Gasteiger partial charge is 0.507 e. The summed E-state index contributed by atoms with van der Waals surface area (Å²) in [6.45, 7) is 1.48. The average Bonchev–Trinajstić information content (AvgIpc) is 2.72. The highest BCUT2D eigenvalue weighted by Gasteiger charge is 2.23. The molecule has 2 aromatic rings. The Morgan fingerprint density at radius 2 is 1.68 bits per heavy atom. The molecule has 0 unspecified atom stereocenters. The van der Waals surface area contributed by atoms with E-state index in [0.717, 1.165) is 32.4 Å². The normalized spacial score (nSPS) is 13.6. The summed E-state index contributed by atoms with van der Waals surface area (Å²) in [5.74, 6) is -1.63. The second-order valence-electron chi connectivity index (χ2n) is 6.43. The molecule has 28 heavy (non-hydrogen) atoms. The lowest BCUT2D eigenvalue weighted by Crippen LogP contribution is -2.41. The second kappa shape index (κ2) is 8.38. The van der Waals surface area contributed by atoms with Crippen molar-refractivity contribution in [3.05, 3.63) is 63.7 Å². The van der Waals surface area contributed by atoms with E-state index in [2.05, 4.69) is 10.9 Å². The summed E-state index contributed by atoms with van der Waals surface area (Å²) < 4.78 is 0. The predicted octanol–water partition coefficient (Wildman–Crippen LogP) is 2.37. The molecule has 146 valence electrons. The molecule has 0 saturated carbocycles. The van der Waals surface area contributed by atoms with Crippen LogP contribution in [0.5, 0.6) is 5.75 Å². The number of phenols is 1.